The van der Waals surface area contributed by atoms with E-state index in [9.17, 15) is 19.7 Å². The number of nitro benzene ring substituents is 1. The van der Waals surface area contributed by atoms with Gasteiger partial charge in [0, 0.05) is 29.5 Å². The van der Waals surface area contributed by atoms with Gasteiger partial charge < -0.3 is 9.14 Å². The van der Waals surface area contributed by atoms with Crippen molar-refractivity contribution in [2.24, 2.45) is 0 Å². The van der Waals surface area contributed by atoms with Crippen LogP contribution in [0.4, 0.5) is 5.69 Å². The molecule has 0 saturated carbocycles. The summed E-state index contributed by atoms with van der Waals surface area (Å²) in [5, 5.41) is 11.0. The summed E-state index contributed by atoms with van der Waals surface area (Å²) in [7, 11) is 1.27. The molecule has 30 heavy (non-hydrogen) atoms. The summed E-state index contributed by atoms with van der Waals surface area (Å²) >= 11 is 0. The normalized spacial score (nSPS) is 10.7. The number of carbonyl (C=O) groups is 2. The van der Waals surface area contributed by atoms with Crippen LogP contribution in [0.2, 0.25) is 0 Å². The first-order valence-electron chi connectivity index (χ1n) is 9.09. The quantitative estimate of drug-likeness (QED) is 0.212. The van der Waals surface area contributed by atoms with E-state index in [-0.39, 0.29) is 17.2 Å². The Morgan fingerprint density at radius 3 is 2.23 bits per heavy atom. The number of nitro groups is 1. The third-order valence-corrected chi connectivity index (χ3v) is 4.85. The van der Waals surface area contributed by atoms with Crippen LogP contribution in [0.15, 0.2) is 79.0 Å². The number of ketones is 1. The van der Waals surface area contributed by atoms with E-state index < -0.39 is 10.9 Å². The predicted octanol–water partition coefficient (Wildman–Crippen LogP) is 4.53. The molecule has 0 aliphatic rings. The van der Waals surface area contributed by atoms with E-state index in [1.54, 1.807) is 53.1 Å². The zero-order valence-corrected chi connectivity index (χ0v) is 15.9. The molecule has 0 saturated heterocycles. The summed E-state index contributed by atoms with van der Waals surface area (Å²) in [6.07, 6.45) is 1.68. The lowest BCUT2D eigenvalue weighted by Crippen LogP contribution is -2.07. The molecule has 7 heteroatoms. The summed E-state index contributed by atoms with van der Waals surface area (Å²) in [6, 6.07) is 19.7. The number of esters is 1. The molecular formula is C23H16N2O5. The van der Waals surface area contributed by atoms with E-state index in [1.807, 2.05) is 6.07 Å². The molecule has 0 spiro atoms. The average Bonchev–Trinajstić information content (AvgIpc) is 3.14. The first kappa shape index (κ1) is 19.1. The smallest absolute Gasteiger partial charge is 0.355 e. The molecule has 4 aromatic rings. The number of non-ortho nitro benzene ring substituents is 1. The lowest BCUT2D eigenvalue weighted by Gasteiger charge is -2.07. The summed E-state index contributed by atoms with van der Waals surface area (Å²) in [5.74, 6) is -0.875. The van der Waals surface area contributed by atoms with Gasteiger partial charge in [0.1, 0.15) is 5.69 Å². The number of carbonyl (C=O) groups excluding carboxylic acids is 2. The van der Waals surface area contributed by atoms with Crippen molar-refractivity contribution in [2.45, 2.75) is 0 Å². The van der Waals surface area contributed by atoms with Gasteiger partial charge in [-0.3, -0.25) is 14.9 Å². The van der Waals surface area contributed by atoms with Gasteiger partial charge in [-0.25, -0.2) is 4.79 Å². The largest absolute Gasteiger partial charge is 0.464 e. The molecule has 2 aromatic carbocycles. The van der Waals surface area contributed by atoms with Gasteiger partial charge in [-0.1, -0.05) is 36.4 Å². The third-order valence-electron chi connectivity index (χ3n) is 4.85. The van der Waals surface area contributed by atoms with E-state index in [4.69, 9.17) is 4.74 Å². The highest BCUT2D eigenvalue weighted by Crippen LogP contribution is 2.36. The number of benzene rings is 2. The molecule has 0 unspecified atom stereocenters. The molecule has 2 heterocycles. The van der Waals surface area contributed by atoms with Crippen molar-refractivity contribution in [3.05, 3.63) is 106 Å². The van der Waals surface area contributed by atoms with Gasteiger partial charge in [0.2, 0.25) is 0 Å². The van der Waals surface area contributed by atoms with E-state index in [2.05, 4.69) is 0 Å². The molecule has 0 fully saturated rings. The topological polar surface area (TPSA) is 90.9 Å². The number of aromatic nitrogens is 1. The molecule has 2 aromatic heterocycles. The molecule has 0 radical (unpaired) electrons. The second-order valence-electron chi connectivity index (χ2n) is 6.55. The van der Waals surface area contributed by atoms with Crippen molar-refractivity contribution >= 4 is 23.0 Å². The second-order valence-corrected chi connectivity index (χ2v) is 6.55. The fourth-order valence-corrected chi connectivity index (χ4v) is 3.50. The molecule has 0 N–H and O–H groups in total. The Balaban J connectivity index is 2.07. The maximum Gasteiger partial charge on any atom is 0.355 e. The Hall–Kier alpha value is -4.26. The molecule has 7 nitrogen and oxygen atoms in total. The van der Waals surface area contributed by atoms with Crippen LogP contribution in [0.25, 0.3) is 16.6 Å². The molecule has 0 aliphatic carbocycles. The maximum atomic E-state index is 13.5. The molecule has 0 atom stereocenters. The minimum atomic E-state index is -0.614. The van der Waals surface area contributed by atoms with Crippen molar-refractivity contribution in [3.63, 3.8) is 0 Å². The minimum Gasteiger partial charge on any atom is -0.464 e. The van der Waals surface area contributed by atoms with E-state index >= 15 is 0 Å². The molecule has 0 amide bonds. The van der Waals surface area contributed by atoms with Crippen molar-refractivity contribution in [2.75, 3.05) is 7.11 Å². The number of ether oxygens (including phenoxy) is 1. The van der Waals surface area contributed by atoms with Crippen LogP contribution < -0.4 is 0 Å². The maximum absolute atomic E-state index is 13.5. The van der Waals surface area contributed by atoms with Crippen LogP contribution >= 0.6 is 0 Å². The summed E-state index contributed by atoms with van der Waals surface area (Å²) in [6.45, 7) is 0. The Bertz CT molecular complexity index is 1270. The van der Waals surface area contributed by atoms with Gasteiger partial charge in [-0.15, -0.1) is 0 Å². The molecule has 4 rings (SSSR count). The first-order chi connectivity index (χ1) is 14.5. The Morgan fingerprint density at radius 1 is 0.933 bits per heavy atom. The lowest BCUT2D eigenvalue weighted by atomic mass is 9.94. The van der Waals surface area contributed by atoms with Gasteiger partial charge >= 0.3 is 5.97 Å². The molecular weight excluding hydrogens is 384 g/mol. The fourth-order valence-electron chi connectivity index (χ4n) is 3.50. The summed E-state index contributed by atoms with van der Waals surface area (Å²) in [4.78, 5) is 36.7. The number of nitrogens with zero attached hydrogens (tertiary/aromatic N) is 2. The number of pyridine rings is 1. The van der Waals surface area contributed by atoms with E-state index in [0.717, 1.165) is 0 Å². The number of methoxy groups -OCH3 is 1. The second kappa shape index (κ2) is 7.63. The zero-order valence-electron chi connectivity index (χ0n) is 15.9. The zero-order chi connectivity index (χ0) is 21.3. The lowest BCUT2D eigenvalue weighted by molar-refractivity contribution is -0.384. The molecule has 148 valence electrons. The van der Waals surface area contributed by atoms with Gasteiger partial charge in [0.15, 0.2) is 5.78 Å². The third kappa shape index (κ3) is 3.12. The van der Waals surface area contributed by atoms with Crippen LogP contribution in [0, 0.1) is 10.1 Å². The van der Waals surface area contributed by atoms with Crippen LogP contribution in [0.3, 0.4) is 0 Å². The van der Waals surface area contributed by atoms with Crippen LogP contribution in [0.1, 0.15) is 26.4 Å². The standard InChI is InChI=1S/C23H16N2O5/c1-30-23(27)21-19(15-10-12-17(13-11-15)25(28)29)20(18-9-5-6-14-24(18)21)22(26)16-7-3-2-4-8-16/h2-14H,1H3. The highest BCUT2D eigenvalue weighted by atomic mass is 16.6. The molecule has 0 bridgehead atoms. The highest BCUT2D eigenvalue weighted by molar-refractivity contribution is 6.20. The Kier molecular flexibility index (Phi) is 4.85. The number of rotatable bonds is 5. The highest BCUT2D eigenvalue weighted by Gasteiger charge is 2.29. The van der Waals surface area contributed by atoms with Gasteiger partial charge in [0.25, 0.3) is 5.69 Å². The van der Waals surface area contributed by atoms with Crippen LogP contribution in [0.5, 0.6) is 0 Å². The monoisotopic (exact) mass is 400 g/mol. The number of hydrogen-bond donors (Lipinski definition) is 0. The minimum absolute atomic E-state index is 0.0851. The predicted molar refractivity (Wildman–Crippen MR) is 111 cm³/mol. The Labute approximate surface area is 171 Å². The fraction of sp³-hybridized carbons (Fsp3) is 0.0435. The van der Waals surface area contributed by atoms with Crippen molar-refractivity contribution in [1.82, 2.24) is 4.40 Å². The first-order valence-corrected chi connectivity index (χ1v) is 9.09. The summed E-state index contributed by atoms with van der Waals surface area (Å²) in [5.41, 5.74) is 2.31. The van der Waals surface area contributed by atoms with Crippen molar-refractivity contribution in [1.29, 1.82) is 0 Å². The summed E-state index contributed by atoms with van der Waals surface area (Å²) < 4.78 is 6.60. The SMILES string of the molecule is COC(=O)c1c(-c2ccc([N+](=O)[O-])cc2)c(C(=O)c2ccccc2)c2ccccn12. The van der Waals surface area contributed by atoms with Crippen LogP contribution in [-0.4, -0.2) is 28.2 Å². The van der Waals surface area contributed by atoms with Crippen molar-refractivity contribution in [3.8, 4) is 11.1 Å². The number of hydrogen-bond acceptors (Lipinski definition) is 5. The van der Waals surface area contributed by atoms with E-state index in [1.165, 1.54) is 31.4 Å². The van der Waals surface area contributed by atoms with Gasteiger partial charge in [-0.05, 0) is 29.8 Å². The van der Waals surface area contributed by atoms with Crippen molar-refractivity contribution < 1.29 is 19.2 Å². The molecule has 0 aliphatic heterocycles. The van der Waals surface area contributed by atoms with Gasteiger partial charge in [-0.2, -0.15) is 0 Å². The van der Waals surface area contributed by atoms with Crippen LogP contribution in [-0.2, 0) is 4.74 Å². The average molecular weight is 400 g/mol. The van der Waals surface area contributed by atoms with Gasteiger partial charge in [0.05, 0.1) is 23.1 Å². The van der Waals surface area contributed by atoms with E-state index in [0.29, 0.717) is 27.8 Å². The Morgan fingerprint density at radius 2 is 1.60 bits per heavy atom. The number of fused-ring (bicyclic) bond motifs is 1.